The predicted octanol–water partition coefficient (Wildman–Crippen LogP) is 3.92. The molecule has 0 radical (unpaired) electrons. The Kier molecular flexibility index (Phi) is 3.47. The molecule has 0 aromatic heterocycles. The van der Waals surface area contributed by atoms with Crippen molar-refractivity contribution in [2.45, 2.75) is 25.3 Å². The normalized spacial score (nSPS) is 22.3. The standard InChI is InChI=1S/C11H13BrClN/c12-9-5-8(6-10(13)7-9)11-3-1-2-4-14-11/h5-7,11,14H,1-4H2/t11-/m0/s1. The molecule has 3 heteroatoms. The maximum Gasteiger partial charge on any atom is 0.0420 e. The molecule has 1 aliphatic rings. The third kappa shape index (κ3) is 2.50. The van der Waals surface area contributed by atoms with E-state index in [2.05, 4.69) is 33.4 Å². The van der Waals surface area contributed by atoms with Crippen molar-refractivity contribution in [3.05, 3.63) is 33.3 Å². The Morgan fingerprint density at radius 2 is 2.14 bits per heavy atom. The summed E-state index contributed by atoms with van der Waals surface area (Å²) >= 11 is 9.48. The second kappa shape index (κ2) is 4.65. The smallest absolute Gasteiger partial charge is 0.0420 e. The van der Waals surface area contributed by atoms with Gasteiger partial charge in [-0.05, 0) is 43.1 Å². The van der Waals surface area contributed by atoms with Gasteiger partial charge in [0.15, 0.2) is 0 Å². The zero-order valence-corrected chi connectivity index (χ0v) is 10.2. The van der Waals surface area contributed by atoms with Gasteiger partial charge in [0.25, 0.3) is 0 Å². The molecule has 0 spiro atoms. The Morgan fingerprint density at radius 1 is 1.29 bits per heavy atom. The molecular formula is C11H13BrClN. The molecule has 1 aromatic carbocycles. The summed E-state index contributed by atoms with van der Waals surface area (Å²) in [5.41, 5.74) is 1.30. The van der Waals surface area contributed by atoms with Crippen LogP contribution in [0.3, 0.4) is 0 Å². The first-order chi connectivity index (χ1) is 6.75. The lowest BCUT2D eigenvalue weighted by molar-refractivity contribution is 0.412. The Hall–Kier alpha value is -0.0500. The van der Waals surface area contributed by atoms with E-state index in [1.54, 1.807) is 0 Å². The average Bonchev–Trinajstić information content (AvgIpc) is 2.18. The first kappa shape index (κ1) is 10.5. The SMILES string of the molecule is Clc1cc(Br)cc([C@@H]2CCCCN2)c1. The van der Waals surface area contributed by atoms with E-state index in [0.29, 0.717) is 6.04 Å². The summed E-state index contributed by atoms with van der Waals surface area (Å²) in [5.74, 6) is 0. The monoisotopic (exact) mass is 273 g/mol. The summed E-state index contributed by atoms with van der Waals surface area (Å²) in [4.78, 5) is 0. The number of rotatable bonds is 1. The van der Waals surface area contributed by atoms with Gasteiger partial charge < -0.3 is 5.32 Å². The van der Waals surface area contributed by atoms with Gasteiger partial charge in [-0.2, -0.15) is 0 Å². The molecule has 0 unspecified atom stereocenters. The quantitative estimate of drug-likeness (QED) is 0.818. The fraction of sp³-hybridized carbons (Fsp3) is 0.455. The summed E-state index contributed by atoms with van der Waals surface area (Å²) in [6.45, 7) is 1.12. The van der Waals surface area contributed by atoms with Crippen molar-refractivity contribution in [3.8, 4) is 0 Å². The first-order valence-electron chi connectivity index (χ1n) is 4.95. The van der Waals surface area contributed by atoms with Crippen LogP contribution >= 0.6 is 27.5 Å². The molecule has 0 bridgehead atoms. The van der Waals surface area contributed by atoms with Gasteiger partial charge in [0, 0.05) is 15.5 Å². The molecule has 1 N–H and O–H groups in total. The van der Waals surface area contributed by atoms with Gasteiger partial charge in [-0.1, -0.05) is 34.0 Å². The van der Waals surface area contributed by atoms with Crippen molar-refractivity contribution in [1.82, 2.24) is 5.32 Å². The van der Waals surface area contributed by atoms with Crippen LogP contribution < -0.4 is 5.32 Å². The summed E-state index contributed by atoms with van der Waals surface area (Å²) in [6, 6.07) is 6.61. The van der Waals surface area contributed by atoms with Gasteiger partial charge in [-0.15, -0.1) is 0 Å². The van der Waals surface area contributed by atoms with Crippen molar-refractivity contribution in [3.63, 3.8) is 0 Å². The number of nitrogens with one attached hydrogen (secondary N) is 1. The Morgan fingerprint density at radius 3 is 2.79 bits per heavy atom. The lowest BCUT2D eigenvalue weighted by Gasteiger charge is -2.24. The number of halogens is 2. The maximum atomic E-state index is 6.01. The highest BCUT2D eigenvalue weighted by Gasteiger charge is 2.15. The highest BCUT2D eigenvalue weighted by molar-refractivity contribution is 9.10. The van der Waals surface area contributed by atoms with Crippen LogP contribution in [0, 0.1) is 0 Å². The van der Waals surface area contributed by atoms with E-state index in [9.17, 15) is 0 Å². The van der Waals surface area contributed by atoms with E-state index in [1.165, 1.54) is 24.8 Å². The Bertz CT molecular complexity index is 301. The molecule has 76 valence electrons. The van der Waals surface area contributed by atoms with E-state index in [-0.39, 0.29) is 0 Å². The van der Waals surface area contributed by atoms with Gasteiger partial charge in [0.05, 0.1) is 0 Å². The number of benzene rings is 1. The summed E-state index contributed by atoms with van der Waals surface area (Å²) in [6.07, 6.45) is 3.81. The molecule has 2 rings (SSSR count). The van der Waals surface area contributed by atoms with Crippen LogP contribution in [0.15, 0.2) is 22.7 Å². The van der Waals surface area contributed by atoms with E-state index in [0.717, 1.165) is 16.0 Å². The van der Waals surface area contributed by atoms with Crippen molar-refractivity contribution >= 4 is 27.5 Å². The third-order valence-electron chi connectivity index (χ3n) is 2.60. The van der Waals surface area contributed by atoms with Gasteiger partial charge in [0.1, 0.15) is 0 Å². The van der Waals surface area contributed by atoms with Crippen molar-refractivity contribution in [2.75, 3.05) is 6.54 Å². The van der Waals surface area contributed by atoms with Crippen LogP contribution in [0.5, 0.6) is 0 Å². The highest BCUT2D eigenvalue weighted by atomic mass is 79.9. The predicted molar refractivity (Wildman–Crippen MR) is 63.7 cm³/mol. The maximum absolute atomic E-state index is 6.01. The van der Waals surface area contributed by atoms with Crippen LogP contribution in [0.4, 0.5) is 0 Å². The zero-order chi connectivity index (χ0) is 9.97. The summed E-state index contributed by atoms with van der Waals surface area (Å²) < 4.78 is 1.06. The van der Waals surface area contributed by atoms with Crippen LogP contribution in [-0.4, -0.2) is 6.54 Å². The fourth-order valence-corrected chi connectivity index (χ4v) is 2.80. The zero-order valence-electron chi connectivity index (χ0n) is 7.89. The largest absolute Gasteiger partial charge is 0.310 e. The van der Waals surface area contributed by atoms with E-state index < -0.39 is 0 Å². The summed E-state index contributed by atoms with van der Waals surface area (Å²) in [7, 11) is 0. The molecule has 1 nitrogen and oxygen atoms in total. The van der Waals surface area contributed by atoms with Gasteiger partial charge in [-0.3, -0.25) is 0 Å². The van der Waals surface area contributed by atoms with Gasteiger partial charge >= 0.3 is 0 Å². The second-order valence-electron chi connectivity index (χ2n) is 3.71. The minimum Gasteiger partial charge on any atom is -0.310 e. The number of piperidine rings is 1. The molecular weight excluding hydrogens is 261 g/mol. The van der Waals surface area contributed by atoms with Crippen LogP contribution in [-0.2, 0) is 0 Å². The number of hydrogen-bond donors (Lipinski definition) is 1. The topological polar surface area (TPSA) is 12.0 Å². The molecule has 0 amide bonds. The minimum absolute atomic E-state index is 0.485. The van der Waals surface area contributed by atoms with Crippen molar-refractivity contribution in [1.29, 1.82) is 0 Å². The van der Waals surface area contributed by atoms with Gasteiger partial charge in [-0.25, -0.2) is 0 Å². The first-order valence-corrected chi connectivity index (χ1v) is 6.12. The fourth-order valence-electron chi connectivity index (χ4n) is 1.91. The third-order valence-corrected chi connectivity index (χ3v) is 3.27. The Balaban J connectivity index is 2.21. The highest BCUT2D eigenvalue weighted by Crippen LogP contribution is 2.28. The molecule has 1 heterocycles. The molecule has 1 fully saturated rings. The van der Waals surface area contributed by atoms with E-state index in [1.807, 2.05) is 6.07 Å². The molecule has 1 aliphatic heterocycles. The molecule has 1 aromatic rings. The van der Waals surface area contributed by atoms with Crippen molar-refractivity contribution < 1.29 is 0 Å². The van der Waals surface area contributed by atoms with Crippen LogP contribution in [0.25, 0.3) is 0 Å². The molecule has 1 atom stereocenters. The Labute approximate surface area is 98.0 Å². The molecule has 14 heavy (non-hydrogen) atoms. The molecule has 0 saturated carbocycles. The average molecular weight is 275 g/mol. The van der Waals surface area contributed by atoms with Crippen LogP contribution in [0.2, 0.25) is 5.02 Å². The lowest BCUT2D eigenvalue weighted by atomic mass is 9.98. The minimum atomic E-state index is 0.485. The number of hydrogen-bond acceptors (Lipinski definition) is 1. The van der Waals surface area contributed by atoms with Crippen LogP contribution in [0.1, 0.15) is 30.9 Å². The lowest BCUT2D eigenvalue weighted by Crippen LogP contribution is -2.26. The van der Waals surface area contributed by atoms with Crippen molar-refractivity contribution in [2.24, 2.45) is 0 Å². The van der Waals surface area contributed by atoms with E-state index in [4.69, 9.17) is 11.6 Å². The second-order valence-corrected chi connectivity index (χ2v) is 5.06. The summed E-state index contributed by atoms with van der Waals surface area (Å²) in [5, 5.41) is 4.32. The molecule has 1 saturated heterocycles. The molecule has 0 aliphatic carbocycles. The van der Waals surface area contributed by atoms with E-state index >= 15 is 0 Å². The van der Waals surface area contributed by atoms with Gasteiger partial charge in [0.2, 0.25) is 0 Å².